The monoisotopic (exact) mass is 380 g/mol. The van der Waals surface area contributed by atoms with Crippen molar-refractivity contribution >= 4 is 11.7 Å². The smallest absolute Gasteiger partial charge is 0.222 e. The van der Waals surface area contributed by atoms with Gasteiger partial charge in [0.2, 0.25) is 5.91 Å². The van der Waals surface area contributed by atoms with Crippen LogP contribution in [-0.4, -0.2) is 54.2 Å². The summed E-state index contributed by atoms with van der Waals surface area (Å²) in [6.45, 7) is 5.70. The van der Waals surface area contributed by atoms with Crippen molar-refractivity contribution in [2.75, 3.05) is 32.7 Å². The molecule has 0 atom stereocenters. The second-order valence-corrected chi connectivity index (χ2v) is 5.64. The Morgan fingerprint density at radius 2 is 1.59 bits per heavy atom. The fourth-order valence-electron chi connectivity index (χ4n) is 2.55. The Morgan fingerprint density at radius 3 is 2.14 bits per heavy atom. The molecule has 0 unspecified atom stereocenters. The van der Waals surface area contributed by atoms with Gasteiger partial charge >= 0.3 is 0 Å². The summed E-state index contributed by atoms with van der Waals surface area (Å²) in [4.78, 5) is 27.3. The van der Waals surface area contributed by atoms with E-state index >= 15 is 0 Å². The fraction of sp³-hybridized carbons (Fsp3) is 0.765. The van der Waals surface area contributed by atoms with Crippen LogP contribution in [0.5, 0.6) is 0 Å². The molecule has 0 N–H and O–H groups in total. The molecule has 0 bridgehead atoms. The molecule has 5 heteroatoms. The predicted molar refractivity (Wildman–Crippen MR) is 83.2 cm³/mol. The minimum absolute atomic E-state index is 0. The van der Waals surface area contributed by atoms with E-state index < -0.39 is 0 Å². The first kappa shape index (κ1) is 21.8. The van der Waals surface area contributed by atoms with E-state index in [0.29, 0.717) is 31.6 Å². The molecule has 121 valence electrons. The van der Waals surface area contributed by atoms with Gasteiger partial charge in [0.15, 0.2) is 0 Å². The van der Waals surface area contributed by atoms with Gasteiger partial charge in [-0.25, -0.2) is 0 Å². The zero-order valence-electron chi connectivity index (χ0n) is 13.8. The minimum Gasteiger partial charge on any atom is -0.692 e. The van der Waals surface area contributed by atoms with Crippen molar-refractivity contribution in [3.63, 3.8) is 0 Å². The number of amides is 1. The van der Waals surface area contributed by atoms with Crippen LogP contribution in [0.25, 0.3) is 0 Å². The minimum atomic E-state index is 0. The van der Waals surface area contributed by atoms with Crippen LogP contribution >= 0.6 is 0 Å². The summed E-state index contributed by atoms with van der Waals surface area (Å²) >= 11 is 0. The first-order valence-corrected chi connectivity index (χ1v) is 8.08. The third-order valence-corrected chi connectivity index (χ3v) is 4.02. The van der Waals surface area contributed by atoms with Gasteiger partial charge in [-0.2, -0.15) is 0 Å². The van der Waals surface area contributed by atoms with Gasteiger partial charge < -0.3 is 17.2 Å². The van der Waals surface area contributed by atoms with Crippen LogP contribution in [0.1, 0.15) is 51.9 Å². The number of nitrogens with zero attached hydrogens (tertiary/aromatic N) is 2. The van der Waals surface area contributed by atoms with E-state index in [-0.39, 0.29) is 38.6 Å². The molecule has 1 heterocycles. The van der Waals surface area contributed by atoms with E-state index in [1.54, 1.807) is 0 Å². The van der Waals surface area contributed by atoms with E-state index in [1.165, 1.54) is 0 Å². The summed E-state index contributed by atoms with van der Waals surface area (Å²) in [7, 11) is 0. The molecule has 0 aromatic heterocycles. The van der Waals surface area contributed by atoms with Crippen molar-refractivity contribution < 1.29 is 42.3 Å². The molecule has 1 saturated heterocycles. The first-order valence-electron chi connectivity index (χ1n) is 8.08. The standard InChI is InChI=1S/C17H27N2O2.Y/c1-3-11-18-12-14-19(15-13-18)17(21)10-8-6-5-7-9-16(20)4-2;/h4-15H2,2H3;/q-1;. The average molecular weight is 380 g/mol. The summed E-state index contributed by atoms with van der Waals surface area (Å²) in [5, 5.41) is 0. The van der Waals surface area contributed by atoms with Gasteiger partial charge in [0.05, 0.1) is 0 Å². The van der Waals surface area contributed by atoms with Crippen LogP contribution in [0.15, 0.2) is 0 Å². The molecule has 1 aliphatic heterocycles. The molecule has 0 aliphatic carbocycles. The predicted octanol–water partition coefficient (Wildman–Crippen LogP) is 2.04. The molecule has 1 rings (SSSR count). The summed E-state index contributed by atoms with van der Waals surface area (Å²) in [5.74, 6) is 2.98. The number of hydrogen-bond acceptors (Lipinski definition) is 3. The molecule has 1 radical (unpaired) electrons. The van der Waals surface area contributed by atoms with Crippen molar-refractivity contribution in [3.8, 4) is 5.92 Å². The average Bonchev–Trinajstić information content (AvgIpc) is 2.51. The number of hydrogen-bond donors (Lipinski definition) is 0. The van der Waals surface area contributed by atoms with Crippen LogP contribution in [0, 0.1) is 12.3 Å². The van der Waals surface area contributed by atoms with Gasteiger partial charge in [-0.1, -0.05) is 19.8 Å². The molecule has 0 aromatic rings. The second-order valence-electron chi connectivity index (χ2n) is 5.64. The molecule has 4 nitrogen and oxygen atoms in total. The largest absolute Gasteiger partial charge is 0.692 e. The Kier molecular flexibility index (Phi) is 13.1. The molecule has 0 saturated carbocycles. The molecular formula is C17H27N2O2Y-. The quantitative estimate of drug-likeness (QED) is 0.349. The molecular weight excluding hydrogens is 353 g/mol. The number of carbonyl (C=O) groups excluding carboxylic acids is 2. The zero-order valence-corrected chi connectivity index (χ0v) is 16.6. The summed E-state index contributed by atoms with van der Waals surface area (Å²) in [5.41, 5.74) is 0. The maximum Gasteiger partial charge on any atom is 0.222 e. The Bertz CT molecular complexity index is 371. The molecule has 1 aliphatic rings. The van der Waals surface area contributed by atoms with Gasteiger partial charge in [0.25, 0.3) is 0 Å². The van der Waals surface area contributed by atoms with Crippen molar-refractivity contribution in [1.82, 2.24) is 9.80 Å². The van der Waals surface area contributed by atoms with E-state index in [4.69, 9.17) is 6.42 Å². The number of carbonyl (C=O) groups is 2. The molecule has 22 heavy (non-hydrogen) atoms. The van der Waals surface area contributed by atoms with Gasteiger partial charge in [0.1, 0.15) is 5.78 Å². The van der Waals surface area contributed by atoms with E-state index in [2.05, 4.69) is 10.8 Å². The zero-order chi connectivity index (χ0) is 15.5. The Balaban J connectivity index is 0.00000441. The molecule has 1 amide bonds. The number of piperazine rings is 1. The van der Waals surface area contributed by atoms with Crippen molar-refractivity contribution in [3.05, 3.63) is 6.42 Å². The number of rotatable bonds is 9. The molecule has 0 aromatic carbocycles. The van der Waals surface area contributed by atoms with Crippen molar-refractivity contribution in [1.29, 1.82) is 0 Å². The Morgan fingerprint density at radius 1 is 1.00 bits per heavy atom. The third-order valence-electron chi connectivity index (χ3n) is 4.02. The van der Waals surface area contributed by atoms with Crippen molar-refractivity contribution in [2.24, 2.45) is 0 Å². The first-order chi connectivity index (χ1) is 10.2. The summed E-state index contributed by atoms with van der Waals surface area (Å²) in [6.07, 6.45) is 12.9. The van der Waals surface area contributed by atoms with Gasteiger partial charge in [-0.15, -0.1) is 0 Å². The normalized spacial score (nSPS) is 15.0. The second kappa shape index (κ2) is 13.2. The van der Waals surface area contributed by atoms with Crippen LogP contribution in [-0.2, 0) is 42.3 Å². The van der Waals surface area contributed by atoms with Crippen LogP contribution in [0.4, 0.5) is 0 Å². The Hall–Kier alpha value is -0.236. The van der Waals surface area contributed by atoms with Crippen LogP contribution in [0.2, 0.25) is 0 Å². The van der Waals surface area contributed by atoms with Gasteiger partial charge in [0, 0.05) is 84.7 Å². The Labute approximate surface area is 160 Å². The van der Waals surface area contributed by atoms with Gasteiger partial charge in [-0.3, -0.25) is 14.5 Å². The van der Waals surface area contributed by atoms with E-state index in [9.17, 15) is 9.59 Å². The van der Waals surface area contributed by atoms with E-state index in [0.717, 1.165) is 51.9 Å². The number of unbranched alkanes of at least 4 members (excludes halogenated alkanes) is 3. The van der Waals surface area contributed by atoms with Gasteiger partial charge in [-0.05, 0) is 12.8 Å². The SMILES string of the molecule is [C-]#CCN1CCN(C(=O)CCCCCCC(=O)CC)CC1.[Y]. The number of Topliss-reactive ketones (excluding diaryl/α,β-unsaturated/α-hetero) is 1. The summed E-state index contributed by atoms with van der Waals surface area (Å²) in [6, 6.07) is 0. The van der Waals surface area contributed by atoms with E-state index in [1.807, 2.05) is 11.8 Å². The van der Waals surface area contributed by atoms with Crippen LogP contribution < -0.4 is 0 Å². The molecule has 0 spiro atoms. The molecule has 1 fully saturated rings. The van der Waals surface area contributed by atoms with Crippen molar-refractivity contribution in [2.45, 2.75) is 51.9 Å². The number of ketones is 1. The topological polar surface area (TPSA) is 40.6 Å². The third kappa shape index (κ3) is 9.03. The maximum absolute atomic E-state index is 12.1. The summed E-state index contributed by atoms with van der Waals surface area (Å²) < 4.78 is 0. The van der Waals surface area contributed by atoms with Crippen LogP contribution in [0.3, 0.4) is 0 Å². The fourth-order valence-corrected chi connectivity index (χ4v) is 2.55. The maximum atomic E-state index is 12.1.